The third kappa shape index (κ3) is 0.864. The lowest BCUT2D eigenvalue weighted by molar-refractivity contribution is 0.925. The summed E-state index contributed by atoms with van der Waals surface area (Å²) < 4.78 is 0. The summed E-state index contributed by atoms with van der Waals surface area (Å²) in [6.07, 6.45) is 1.83. The van der Waals surface area contributed by atoms with Crippen molar-refractivity contribution in [1.82, 2.24) is 15.4 Å². The third-order valence-corrected chi connectivity index (χ3v) is 1.55. The summed E-state index contributed by atoms with van der Waals surface area (Å²) in [5, 5.41) is 9.95. The predicted octanol–water partition coefficient (Wildman–Crippen LogP) is -1.33. The van der Waals surface area contributed by atoms with Crippen molar-refractivity contribution in [2.45, 2.75) is 6.04 Å². The lowest BCUT2D eigenvalue weighted by Crippen LogP contribution is -1.80. The topological polar surface area (TPSA) is 41.6 Å². The Labute approximate surface area is 44.6 Å². The van der Waals surface area contributed by atoms with Crippen LogP contribution in [0.3, 0.4) is 0 Å². The number of aromatic nitrogens is 3. The molecule has 3 nitrogen and oxygen atoms in total. The number of nitrogens with zero attached hydrogens (tertiary/aromatic N) is 2. The maximum atomic E-state index is 3.76. The number of rotatable bonds is 1. The number of hydrogen-bond donors (Lipinski definition) is 1. The molecular weight excluding hydrogens is 106 g/mol. The van der Waals surface area contributed by atoms with Crippen LogP contribution < -0.4 is 0 Å². The van der Waals surface area contributed by atoms with E-state index in [9.17, 15) is 0 Å². The summed E-state index contributed by atoms with van der Waals surface area (Å²) in [7, 11) is 1.17. The van der Waals surface area contributed by atoms with E-state index in [-0.39, 0.29) is 0 Å². The van der Waals surface area contributed by atoms with Crippen LogP contribution in [0.25, 0.3) is 0 Å². The van der Waals surface area contributed by atoms with Gasteiger partial charge in [0.15, 0.2) is 0 Å². The molecule has 0 saturated heterocycles. The Morgan fingerprint density at radius 1 is 1.86 bits per heavy atom. The van der Waals surface area contributed by atoms with Crippen LogP contribution in [0.15, 0.2) is 6.20 Å². The fourth-order valence-electron chi connectivity index (χ4n) is 0.398. The molecule has 1 rings (SSSR count). The maximum Gasteiger partial charge on any atom is 0.0789 e. The quantitative estimate of drug-likeness (QED) is 0.458. The van der Waals surface area contributed by atoms with Crippen LogP contribution in [0.4, 0.5) is 0 Å². The summed E-state index contributed by atoms with van der Waals surface area (Å²) in [5.41, 5.74) is 1.08. The summed E-state index contributed by atoms with van der Waals surface area (Å²) in [6, 6.07) is 1.09. The van der Waals surface area contributed by atoms with Crippen molar-refractivity contribution < 1.29 is 0 Å². The molecule has 0 unspecified atom stereocenters. The van der Waals surface area contributed by atoms with Gasteiger partial charge in [-0.1, -0.05) is 5.21 Å². The van der Waals surface area contributed by atoms with Gasteiger partial charge in [-0.05, 0) is 6.04 Å². The summed E-state index contributed by atoms with van der Waals surface area (Å²) in [6.45, 7) is 0. The molecule has 0 saturated carbocycles. The molecule has 0 aliphatic rings. The number of H-pyrrole nitrogens is 1. The Kier molecular flexibility index (Phi) is 1.21. The van der Waals surface area contributed by atoms with E-state index < -0.39 is 0 Å². The predicted molar refractivity (Wildman–Crippen MR) is 30.0 cm³/mol. The molecule has 1 heterocycles. The van der Waals surface area contributed by atoms with Crippen molar-refractivity contribution in [2.24, 2.45) is 0 Å². The van der Waals surface area contributed by atoms with E-state index in [1.165, 1.54) is 10.2 Å². The molecule has 1 aromatic rings. The van der Waals surface area contributed by atoms with E-state index in [4.69, 9.17) is 0 Å². The number of nitrogens with one attached hydrogen (secondary N) is 1. The normalized spacial score (nSPS) is 9.71. The highest BCUT2D eigenvalue weighted by Crippen LogP contribution is 1.82. The molecule has 0 aliphatic heterocycles. The van der Waals surface area contributed by atoms with Gasteiger partial charge in [0.25, 0.3) is 0 Å². The zero-order valence-electron chi connectivity index (χ0n) is 4.18. The van der Waals surface area contributed by atoms with Crippen LogP contribution in [-0.2, 0) is 6.04 Å². The molecule has 0 atom stereocenters. The lowest BCUT2D eigenvalue weighted by atomic mass is 10.6. The highest BCUT2D eigenvalue weighted by molar-refractivity contribution is 6.08. The Bertz CT molecular complexity index is 125. The first-order valence-electron chi connectivity index (χ1n) is 2.29. The summed E-state index contributed by atoms with van der Waals surface area (Å²) >= 11 is 0. The number of hydrogen-bond acceptors (Lipinski definition) is 2. The van der Waals surface area contributed by atoms with Crippen LogP contribution in [0.1, 0.15) is 5.69 Å². The van der Waals surface area contributed by atoms with Crippen molar-refractivity contribution in [3.05, 3.63) is 11.9 Å². The van der Waals surface area contributed by atoms with Gasteiger partial charge in [0, 0.05) is 16.4 Å². The van der Waals surface area contributed by atoms with Gasteiger partial charge in [0.1, 0.15) is 0 Å². The zero-order chi connectivity index (χ0) is 5.11. The molecule has 4 heteroatoms. The van der Waals surface area contributed by atoms with Gasteiger partial charge < -0.3 is 0 Å². The molecule has 0 spiro atoms. The van der Waals surface area contributed by atoms with E-state index in [0.717, 1.165) is 11.7 Å². The van der Waals surface area contributed by atoms with Gasteiger partial charge >= 0.3 is 0 Å². The lowest BCUT2D eigenvalue weighted by Gasteiger charge is -1.74. The van der Waals surface area contributed by atoms with Crippen molar-refractivity contribution in [3.63, 3.8) is 0 Å². The summed E-state index contributed by atoms with van der Waals surface area (Å²) in [4.78, 5) is 0. The Morgan fingerprint density at radius 3 is 3.00 bits per heavy atom. The summed E-state index contributed by atoms with van der Waals surface area (Å²) in [5.74, 6) is 0. The molecule has 38 valence electrons. The Balaban J connectivity index is 2.76. The van der Waals surface area contributed by atoms with Crippen LogP contribution in [-0.4, -0.2) is 25.7 Å². The first-order chi connectivity index (χ1) is 3.43. The van der Waals surface area contributed by atoms with Gasteiger partial charge in [-0.3, -0.25) is 5.10 Å². The zero-order valence-corrected chi connectivity index (χ0v) is 6.18. The average molecular weight is 113 g/mol. The highest BCUT2D eigenvalue weighted by atomic mass is 28.1. The van der Waals surface area contributed by atoms with Gasteiger partial charge in [0.2, 0.25) is 0 Å². The highest BCUT2D eigenvalue weighted by Gasteiger charge is 1.85. The van der Waals surface area contributed by atoms with Crippen LogP contribution in [0, 0.1) is 0 Å². The fraction of sp³-hybridized carbons (Fsp3) is 0.333. The molecule has 0 amide bonds. The van der Waals surface area contributed by atoms with Crippen molar-refractivity contribution in [2.75, 3.05) is 0 Å². The van der Waals surface area contributed by atoms with Crippen LogP contribution in [0.2, 0.25) is 0 Å². The SMILES string of the molecule is [SiH3]Cc1c[nH]nn1. The second kappa shape index (κ2) is 1.88. The molecule has 0 radical (unpaired) electrons. The largest absolute Gasteiger partial charge is 0.265 e. The average Bonchev–Trinajstić information content (AvgIpc) is 2.14. The third-order valence-electron chi connectivity index (χ3n) is 0.830. The van der Waals surface area contributed by atoms with Gasteiger partial charge in [-0.15, -0.1) is 5.10 Å². The second-order valence-electron chi connectivity index (χ2n) is 1.32. The van der Waals surface area contributed by atoms with E-state index in [1.807, 2.05) is 6.20 Å². The minimum Gasteiger partial charge on any atom is -0.265 e. The molecule has 0 bridgehead atoms. The molecule has 1 aromatic heterocycles. The van der Waals surface area contributed by atoms with Gasteiger partial charge in [-0.2, -0.15) is 0 Å². The number of aromatic amines is 1. The molecule has 0 fully saturated rings. The van der Waals surface area contributed by atoms with Crippen LogP contribution >= 0.6 is 0 Å². The van der Waals surface area contributed by atoms with Crippen molar-refractivity contribution in [1.29, 1.82) is 0 Å². The van der Waals surface area contributed by atoms with Gasteiger partial charge in [-0.25, -0.2) is 0 Å². The monoisotopic (exact) mass is 113 g/mol. The van der Waals surface area contributed by atoms with E-state index in [1.54, 1.807) is 0 Å². The maximum absolute atomic E-state index is 3.76. The van der Waals surface area contributed by atoms with Gasteiger partial charge in [0.05, 0.1) is 5.69 Å². The van der Waals surface area contributed by atoms with E-state index in [2.05, 4.69) is 15.4 Å². The first-order valence-corrected chi connectivity index (χ1v) is 3.70. The second-order valence-corrected chi connectivity index (χ2v) is 2.03. The molecule has 1 N–H and O–H groups in total. The van der Waals surface area contributed by atoms with Crippen LogP contribution in [0.5, 0.6) is 0 Å². The molecule has 7 heavy (non-hydrogen) atoms. The standard InChI is InChI=1S/C3H7N3Si/c7-2-3-1-4-6-5-3/h1H,2H2,7H3,(H,4,5,6). The van der Waals surface area contributed by atoms with E-state index >= 15 is 0 Å². The minimum absolute atomic E-state index is 1.08. The smallest absolute Gasteiger partial charge is 0.0789 e. The van der Waals surface area contributed by atoms with Crippen molar-refractivity contribution >= 4 is 10.2 Å². The molecule has 0 aliphatic carbocycles. The van der Waals surface area contributed by atoms with E-state index in [0.29, 0.717) is 0 Å². The minimum atomic E-state index is 1.08. The Morgan fingerprint density at radius 2 is 2.71 bits per heavy atom. The Hall–Kier alpha value is -0.643. The van der Waals surface area contributed by atoms with Crippen molar-refractivity contribution in [3.8, 4) is 0 Å². The molecular formula is C3H7N3Si. The first kappa shape index (κ1) is 4.51. The fourth-order valence-corrected chi connectivity index (χ4v) is 0.744. The molecule has 0 aromatic carbocycles.